The highest BCUT2D eigenvalue weighted by molar-refractivity contribution is 6.20. The van der Waals surface area contributed by atoms with Crippen LogP contribution in [0.1, 0.15) is 21.5 Å². The van der Waals surface area contributed by atoms with Crippen molar-refractivity contribution in [1.82, 2.24) is 0 Å². The molecule has 1 aliphatic heterocycles. The molecule has 3 aromatic rings. The molecule has 1 aromatic heterocycles. The maximum absolute atomic E-state index is 12.8. The summed E-state index contributed by atoms with van der Waals surface area (Å²) in [7, 11) is 1.44. The number of benzene rings is 2. The number of carbonyl (C=O) groups excluding carboxylic acids is 1. The molecule has 1 N–H and O–H groups in total. The van der Waals surface area contributed by atoms with Crippen molar-refractivity contribution in [3.63, 3.8) is 0 Å². The molecule has 1 aliphatic rings. The Bertz CT molecular complexity index is 1150. The lowest BCUT2D eigenvalue weighted by Gasteiger charge is -2.04. The number of methoxy groups -OCH3 is 1. The Hall–Kier alpha value is -3.54. The fourth-order valence-electron chi connectivity index (χ4n) is 2.98. The lowest BCUT2D eigenvalue weighted by Crippen LogP contribution is -2.02. The molecule has 2 aromatic carbocycles. The van der Waals surface area contributed by atoms with Crippen molar-refractivity contribution in [1.29, 1.82) is 0 Å². The molecule has 0 spiro atoms. The minimum absolute atomic E-state index is 0.000141. The van der Waals surface area contributed by atoms with Gasteiger partial charge < -0.3 is 19.0 Å². The molecule has 0 fully saturated rings. The molecule has 26 heavy (non-hydrogen) atoms. The van der Waals surface area contributed by atoms with Gasteiger partial charge in [0.05, 0.1) is 7.11 Å². The average molecular weight is 350 g/mol. The molecule has 4 rings (SSSR count). The third kappa shape index (κ3) is 2.43. The van der Waals surface area contributed by atoms with Crippen LogP contribution >= 0.6 is 0 Å². The summed E-state index contributed by atoms with van der Waals surface area (Å²) in [5.74, 6) is 0.360. The molecule has 0 unspecified atom stereocenters. The summed E-state index contributed by atoms with van der Waals surface area (Å²) in [6, 6.07) is 9.51. The van der Waals surface area contributed by atoms with E-state index in [0.717, 1.165) is 5.56 Å². The first-order chi connectivity index (χ1) is 12.5. The molecule has 0 saturated heterocycles. The highest BCUT2D eigenvalue weighted by Gasteiger charge is 2.31. The normalized spacial score (nSPS) is 14.5. The van der Waals surface area contributed by atoms with E-state index in [0.29, 0.717) is 16.7 Å². The lowest BCUT2D eigenvalue weighted by atomic mass is 10.0. The largest absolute Gasteiger partial charge is 0.504 e. The van der Waals surface area contributed by atoms with Crippen LogP contribution in [0.2, 0.25) is 0 Å². The first kappa shape index (κ1) is 16.0. The minimum atomic E-state index is -0.517. The molecule has 6 nitrogen and oxygen atoms in total. The van der Waals surface area contributed by atoms with E-state index < -0.39 is 5.63 Å². The molecular weight excluding hydrogens is 336 g/mol. The van der Waals surface area contributed by atoms with Crippen LogP contribution in [0.3, 0.4) is 0 Å². The number of rotatable bonds is 2. The lowest BCUT2D eigenvalue weighted by molar-refractivity contribution is 0.101. The number of phenolic OH excluding ortho intramolecular Hbond substituents is 1. The molecule has 0 atom stereocenters. The van der Waals surface area contributed by atoms with Crippen LogP contribution < -0.4 is 15.1 Å². The van der Waals surface area contributed by atoms with E-state index in [1.54, 1.807) is 37.3 Å². The number of Topliss-reactive ketones (excluding diaryl/α,β-unsaturated/α-hetero) is 1. The van der Waals surface area contributed by atoms with Gasteiger partial charge in [-0.05, 0) is 48.4 Å². The van der Waals surface area contributed by atoms with E-state index in [1.807, 2.05) is 0 Å². The highest BCUT2D eigenvalue weighted by atomic mass is 16.5. The number of aromatic hydroxyl groups is 1. The van der Waals surface area contributed by atoms with E-state index in [1.165, 1.54) is 19.2 Å². The SMILES string of the molecule is COc1cc(/C=C2\Oc3ccc4c(C)cc(=O)oc4c3C2=O)ccc1O. The van der Waals surface area contributed by atoms with Crippen LogP contribution in [-0.4, -0.2) is 18.0 Å². The van der Waals surface area contributed by atoms with Gasteiger partial charge in [0.2, 0.25) is 5.78 Å². The zero-order valence-corrected chi connectivity index (χ0v) is 14.0. The highest BCUT2D eigenvalue weighted by Crippen LogP contribution is 2.38. The smallest absolute Gasteiger partial charge is 0.336 e. The summed E-state index contributed by atoms with van der Waals surface area (Å²) < 4.78 is 16.0. The second-order valence-corrected chi connectivity index (χ2v) is 5.93. The van der Waals surface area contributed by atoms with Crippen LogP contribution in [0.25, 0.3) is 17.0 Å². The van der Waals surface area contributed by atoms with Gasteiger partial charge in [-0.15, -0.1) is 0 Å². The van der Waals surface area contributed by atoms with Crippen molar-refractivity contribution in [3.8, 4) is 17.2 Å². The fourth-order valence-corrected chi connectivity index (χ4v) is 2.98. The van der Waals surface area contributed by atoms with Crippen LogP contribution in [0, 0.1) is 6.92 Å². The third-order valence-electron chi connectivity index (χ3n) is 4.25. The number of hydrogen-bond donors (Lipinski definition) is 1. The van der Waals surface area contributed by atoms with Crippen LogP contribution in [-0.2, 0) is 0 Å². The Morgan fingerprint density at radius 3 is 2.69 bits per heavy atom. The van der Waals surface area contributed by atoms with Crippen molar-refractivity contribution in [2.75, 3.05) is 7.11 Å². The molecular formula is C20H14O6. The summed E-state index contributed by atoms with van der Waals surface area (Å²) in [5.41, 5.74) is 1.30. The fraction of sp³-hybridized carbons (Fsp3) is 0.100. The van der Waals surface area contributed by atoms with Gasteiger partial charge >= 0.3 is 5.63 Å². The first-order valence-corrected chi connectivity index (χ1v) is 7.86. The number of phenols is 1. The Labute approximate surface area is 147 Å². The molecule has 130 valence electrons. The van der Waals surface area contributed by atoms with Crippen molar-refractivity contribution < 1.29 is 23.8 Å². The van der Waals surface area contributed by atoms with Gasteiger partial charge in [0.25, 0.3) is 0 Å². The Kier molecular flexibility index (Phi) is 3.54. The van der Waals surface area contributed by atoms with Gasteiger partial charge in [-0.3, -0.25) is 4.79 Å². The molecule has 0 saturated carbocycles. The van der Waals surface area contributed by atoms with Crippen LogP contribution in [0.5, 0.6) is 17.2 Å². The van der Waals surface area contributed by atoms with Gasteiger partial charge in [-0.25, -0.2) is 4.79 Å². The minimum Gasteiger partial charge on any atom is -0.504 e. The number of aryl methyl sites for hydroxylation is 1. The predicted molar refractivity (Wildman–Crippen MR) is 94.8 cm³/mol. The molecule has 0 bridgehead atoms. The van der Waals surface area contributed by atoms with Crippen LogP contribution in [0.4, 0.5) is 0 Å². The van der Waals surface area contributed by atoms with Gasteiger partial charge in [0, 0.05) is 11.5 Å². The van der Waals surface area contributed by atoms with E-state index in [9.17, 15) is 14.7 Å². The van der Waals surface area contributed by atoms with Gasteiger partial charge in [-0.1, -0.05) is 6.07 Å². The number of carbonyl (C=O) groups is 1. The zero-order chi connectivity index (χ0) is 18.4. The van der Waals surface area contributed by atoms with Crippen molar-refractivity contribution in [3.05, 3.63) is 69.3 Å². The monoisotopic (exact) mass is 350 g/mol. The van der Waals surface area contributed by atoms with E-state index >= 15 is 0 Å². The number of allylic oxidation sites excluding steroid dienone is 1. The number of ether oxygens (including phenoxy) is 2. The summed E-state index contributed by atoms with van der Waals surface area (Å²) in [6.07, 6.45) is 1.55. The Morgan fingerprint density at radius 1 is 1.12 bits per heavy atom. The van der Waals surface area contributed by atoms with E-state index in [2.05, 4.69) is 0 Å². The summed E-state index contributed by atoms with van der Waals surface area (Å²) in [5, 5.41) is 10.4. The van der Waals surface area contributed by atoms with Crippen LogP contribution in [0.15, 0.2) is 51.4 Å². The first-order valence-electron chi connectivity index (χ1n) is 7.86. The number of fused-ring (bicyclic) bond motifs is 3. The maximum atomic E-state index is 12.8. The van der Waals surface area contributed by atoms with Gasteiger partial charge in [-0.2, -0.15) is 0 Å². The zero-order valence-electron chi connectivity index (χ0n) is 14.0. The molecule has 0 radical (unpaired) electrons. The molecule has 6 heteroatoms. The molecule has 2 heterocycles. The summed E-state index contributed by atoms with van der Waals surface area (Å²) >= 11 is 0. The van der Waals surface area contributed by atoms with Crippen molar-refractivity contribution >= 4 is 22.8 Å². The topological polar surface area (TPSA) is 86.0 Å². The number of ketones is 1. The quantitative estimate of drug-likeness (QED) is 0.563. The second kappa shape index (κ2) is 5.77. The standard InChI is InChI=1S/C20H14O6/c1-10-7-17(22)26-20-12(10)4-6-14-18(20)19(23)16(25-14)9-11-3-5-13(21)15(8-11)24-2/h3-9,21H,1-2H3/b16-9-. The van der Waals surface area contributed by atoms with Gasteiger partial charge in [0.15, 0.2) is 22.8 Å². The van der Waals surface area contributed by atoms with E-state index in [4.69, 9.17) is 13.9 Å². The number of hydrogen-bond acceptors (Lipinski definition) is 6. The summed E-state index contributed by atoms with van der Waals surface area (Å²) in [6.45, 7) is 1.78. The van der Waals surface area contributed by atoms with Gasteiger partial charge in [0.1, 0.15) is 11.3 Å². The Morgan fingerprint density at radius 2 is 1.92 bits per heavy atom. The van der Waals surface area contributed by atoms with Crippen molar-refractivity contribution in [2.24, 2.45) is 0 Å². The predicted octanol–water partition coefficient (Wildman–Crippen LogP) is 3.43. The van der Waals surface area contributed by atoms with Crippen molar-refractivity contribution in [2.45, 2.75) is 6.92 Å². The summed E-state index contributed by atoms with van der Waals surface area (Å²) in [4.78, 5) is 24.5. The average Bonchev–Trinajstić information content (AvgIpc) is 2.92. The van der Waals surface area contributed by atoms with E-state index in [-0.39, 0.29) is 34.2 Å². The maximum Gasteiger partial charge on any atom is 0.336 e. The second-order valence-electron chi connectivity index (χ2n) is 5.93. The third-order valence-corrected chi connectivity index (χ3v) is 4.25. The molecule has 0 amide bonds. The Balaban J connectivity index is 1.84. The molecule has 0 aliphatic carbocycles.